The molecule has 0 aliphatic carbocycles. The first-order valence-corrected chi connectivity index (χ1v) is 6.29. The fourth-order valence-corrected chi connectivity index (χ4v) is 2.05. The molecule has 108 valence electrons. The number of carboxylic acid groups (broad SMARTS) is 1. The van der Waals surface area contributed by atoms with Crippen molar-refractivity contribution in [2.24, 2.45) is 5.73 Å². The molecule has 0 heterocycles. The van der Waals surface area contributed by atoms with E-state index >= 15 is 0 Å². The van der Waals surface area contributed by atoms with Gasteiger partial charge in [-0.3, -0.25) is 0 Å². The molecule has 4 nitrogen and oxygen atoms in total. The van der Waals surface area contributed by atoms with E-state index in [1.807, 2.05) is 31.2 Å². The molecule has 0 unspecified atom stereocenters. The number of aromatic carboxylic acids is 1. The zero-order valence-corrected chi connectivity index (χ0v) is 12.0. The van der Waals surface area contributed by atoms with Gasteiger partial charge in [0.25, 0.3) is 0 Å². The van der Waals surface area contributed by atoms with Crippen molar-refractivity contribution in [3.63, 3.8) is 0 Å². The highest BCUT2D eigenvalue weighted by atomic mass is 35.5. The number of nitrogens with two attached hydrogens (primary N) is 1. The van der Waals surface area contributed by atoms with E-state index in [2.05, 4.69) is 0 Å². The Bertz CT molecular complexity index is 597. The van der Waals surface area contributed by atoms with Gasteiger partial charge in [-0.05, 0) is 23.3 Å². The molecule has 0 aliphatic rings. The van der Waals surface area contributed by atoms with Gasteiger partial charge in [-0.15, -0.1) is 12.4 Å². The maximum atomic E-state index is 11.5. The Labute approximate surface area is 124 Å². The molecule has 2 aromatic carbocycles. The average molecular weight is 296 g/mol. The summed E-state index contributed by atoms with van der Waals surface area (Å²) in [5.41, 5.74) is 5.80. The maximum Gasteiger partial charge on any atom is 0.340 e. The highest BCUT2D eigenvalue weighted by Gasteiger charge is 2.17. The fourth-order valence-electron chi connectivity index (χ4n) is 2.05. The number of benzene rings is 2. The van der Waals surface area contributed by atoms with Crippen molar-refractivity contribution in [2.45, 2.75) is 19.4 Å². The SMILES string of the molecule is CC[C@H](CN)Oc1ccc2ccccc2c1C(=O)O.Cl. The van der Waals surface area contributed by atoms with Gasteiger partial charge in [-0.1, -0.05) is 37.3 Å². The van der Waals surface area contributed by atoms with E-state index in [0.717, 1.165) is 11.8 Å². The fraction of sp³-hybridized carbons (Fsp3) is 0.267. The predicted octanol–water partition coefficient (Wildman–Crippen LogP) is 3.08. The van der Waals surface area contributed by atoms with Crippen molar-refractivity contribution >= 4 is 29.1 Å². The smallest absolute Gasteiger partial charge is 0.340 e. The van der Waals surface area contributed by atoms with Crippen LogP contribution in [-0.2, 0) is 0 Å². The van der Waals surface area contributed by atoms with E-state index in [9.17, 15) is 9.90 Å². The minimum Gasteiger partial charge on any atom is -0.488 e. The molecule has 3 N–H and O–H groups in total. The molecule has 0 saturated carbocycles. The van der Waals surface area contributed by atoms with Crippen LogP contribution in [0.3, 0.4) is 0 Å². The van der Waals surface area contributed by atoms with Gasteiger partial charge in [0.15, 0.2) is 0 Å². The summed E-state index contributed by atoms with van der Waals surface area (Å²) in [6.07, 6.45) is 0.571. The monoisotopic (exact) mass is 295 g/mol. The molecule has 0 aliphatic heterocycles. The molecule has 5 heteroatoms. The van der Waals surface area contributed by atoms with Crippen molar-refractivity contribution < 1.29 is 14.6 Å². The van der Waals surface area contributed by atoms with Gasteiger partial charge < -0.3 is 15.6 Å². The van der Waals surface area contributed by atoms with Crippen molar-refractivity contribution in [1.29, 1.82) is 0 Å². The third-order valence-corrected chi connectivity index (χ3v) is 3.12. The van der Waals surface area contributed by atoms with E-state index in [0.29, 0.717) is 17.7 Å². The molecule has 20 heavy (non-hydrogen) atoms. The number of halogens is 1. The van der Waals surface area contributed by atoms with Crippen molar-refractivity contribution in [2.75, 3.05) is 6.54 Å². The van der Waals surface area contributed by atoms with Crippen LogP contribution in [0.1, 0.15) is 23.7 Å². The Morgan fingerprint density at radius 3 is 2.60 bits per heavy atom. The Morgan fingerprint density at radius 1 is 1.30 bits per heavy atom. The molecular weight excluding hydrogens is 278 g/mol. The highest BCUT2D eigenvalue weighted by Crippen LogP contribution is 2.29. The second-order valence-corrected chi connectivity index (χ2v) is 4.35. The third-order valence-electron chi connectivity index (χ3n) is 3.12. The number of carboxylic acids is 1. The lowest BCUT2D eigenvalue weighted by molar-refractivity contribution is 0.0691. The quantitative estimate of drug-likeness (QED) is 0.889. The number of hydrogen-bond acceptors (Lipinski definition) is 3. The third kappa shape index (κ3) is 3.21. The lowest BCUT2D eigenvalue weighted by atomic mass is 10.0. The first-order valence-electron chi connectivity index (χ1n) is 6.29. The standard InChI is InChI=1S/C15H17NO3.ClH/c1-2-11(9-16)19-13-8-7-10-5-3-4-6-12(10)14(13)15(17)18;/h3-8,11H,2,9,16H2,1H3,(H,17,18);1H/t11-;/m1./s1. The second kappa shape index (κ2) is 7.12. The summed E-state index contributed by atoms with van der Waals surface area (Å²) < 4.78 is 5.71. The minimum absolute atomic E-state index is 0. The number of hydrogen-bond donors (Lipinski definition) is 2. The van der Waals surface area contributed by atoms with E-state index in [1.54, 1.807) is 12.1 Å². The van der Waals surface area contributed by atoms with Crippen LogP contribution < -0.4 is 10.5 Å². The summed E-state index contributed by atoms with van der Waals surface area (Å²) in [5, 5.41) is 11.0. The Balaban J connectivity index is 0.00000200. The number of rotatable bonds is 5. The average Bonchev–Trinajstić information content (AvgIpc) is 2.43. The minimum atomic E-state index is -0.987. The van der Waals surface area contributed by atoms with Gasteiger partial charge in [0.05, 0.1) is 0 Å². The molecular formula is C15H18ClNO3. The van der Waals surface area contributed by atoms with Crippen LogP contribution in [0.4, 0.5) is 0 Å². The van der Waals surface area contributed by atoms with Gasteiger partial charge in [-0.2, -0.15) is 0 Å². The molecule has 0 aromatic heterocycles. The summed E-state index contributed by atoms with van der Waals surface area (Å²) in [4.78, 5) is 11.5. The van der Waals surface area contributed by atoms with Gasteiger partial charge in [0, 0.05) is 6.54 Å². The van der Waals surface area contributed by atoms with Crippen molar-refractivity contribution in [1.82, 2.24) is 0 Å². The summed E-state index contributed by atoms with van der Waals surface area (Å²) in [7, 11) is 0. The second-order valence-electron chi connectivity index (χ2n) is 4.35. The summed E-state index contributed by atoms with van der Waals surface area (Å²) >= 11 is 0. The zero-order chi connectivity index (χ0) is 13.8. The topological polar surface area (TPSA) is 72.5 Å². The molecule has 0 bridgehead atoms. The van der Waals surface area contributed by atoms with Crippen LogP contribution in [0.25, 0.3) is 10.8 Å². The van der Waals surface area contributed by atoms with E-state index < -0.39 is 5.97 Å². The lowest BCUT2D eigenvalue weighted by Crippen LogP contribution is -2.26. The molecule has 2 aromatic rings. The first kappa shape index (κ1) is 16.3. The van der Waals surface area contributed by atoms with Crippen molar-refractivity contribution in [3.05, 3.63) is 42.0 Å². The lowest BCUT2D eigenvalue weighted by Gasteiger charge is -2.18. The molecule has 1 atom stereocenters. The largest absolute Gasteiger partial charge is 0.488 e. The van der Waals surface area contributed by atoms with E-state index in [4.69, 9.17) is 10.5 Å². The van der Waals surface area contributed by atoms with Crippen LogP contribution in [0, 0.1) is 0 Å². The van der Waals surface area contributed by atoms with Gasteiger partial charge in [0.1, 0.15) is 17.4 Å². The van der Waals surface area contributed by atoms with Crippen LogP contribution in [0.15, 0.2) is 36.4 Å². The van der Waals surface area contributed by atoms with Gasteiger partial charge in [-0.25, -0.2) is 4.79 Å². The zero-order valence-electron chi connectivity index (χ0n) is 11.2. The van der Waals surface area contributed by atoms with Crippen LogP contribution in [0.5, 0.6) is 5.75 Å². The summed E-state index contributed by atoms with van der Waals surface area (Å²) in [6.45, 7) is 2.32. The molecule has 0 fully saturated rings. The van der Waals surface area contributed by atoms with E-state index in [1.165, 1.54) is 0 Å². The number of carbonyl (C=O) groups is 1. The highest BCUT2D eigenvalue weighted by molar-refractivity contribution is 6.06. The molecule has 0 saturated heterocycles. The molecule has 2 rings (SSSR count). The summed E-state index contributed by atoms with van der Waals surface area (Å²) in [6, 6.07) is 10.9. The van der Waals surface area contributed by atoms with Crippen LogP contribution in [0.2, 0.25) is 0 Å². The molecule has 0 amide bonds. The predicted molar refractivity (Wildman–Crippen MR) is 81.9 cm³/mol. The van der Waals surface area contributed by atoms with Crippen LogP contribution >= 0.6 is 12.4 Å². The Morgan fingerprint density at radius 2 is 2.00 bits per heavy atom. The maximum absolute atomic E-state index is 11.5. The van der Waals surface area contributed by atoms with E-state index in [-0.39, 0.29) is 24.1 Å². The van der Waals surface area contributed by atoms with Crippen molar-refractivity contribution in [3.8, 4) is 5.75 Å². The number of ether oxygens (including phenoxy) is 1. The normalized spacial score (nSPS) is 11.7. The molecule has 0 spiro atoms. The molecule has 0 radical (unpaired) electrons. The number of fused-ring (bicyclic) bond motifs is 1. The van der Waals surface area contributed by atoms with Crippen LogP contribution in [-0.4, -0.2) is 23.7 Å². The first-order chi connectivity index (χ1) is 9.17. The van der Waals surface area contributed by atoms with Gasteiger partial charge in [0.2, 0.25) is 0 Å². The Hall–Kier alpha value is -1.78. The van der Waals surface area contributed by atoms with Gasteiger partial charge >= 0.3 is 5.97 Å². The Kier molecular flexibility index (Phi) is 5.80. The summed E-state index contributed by atoms with van der Waals surface area (Å²) in [5.74, 6) is -0.609.